The lowest BCUT2D eigenvalue weighted by Gasteiger charge is -2.05. The molecule has 0 fully saturated rings. The van der Waals surface area contributed by atoms with Gasteiger partial charge in [-0.05, 0) is 40.2 Å². The molecule has 1 aromatic heterocycles. The third-order valence-corrected chi connectivity index (χ3v) is 3.64. The molecule has 2 nitrogen and oxygen atoms in total. The molecular weight excluding hydrogens is 307 g/mol. The van der Waals surface area contributed by atoms with Gasteiger partial charge in [-0.25, -0.2) is 4.39 Å². The second kappa shape index (κ2) is 5.42. The van der Waals surface area contributed by atoms with Gasteiger partial charge in [-0.2, -0.15) is 0 Å². The van der Waals surface area contributed by atoms with Crippen molar-refractivity contribution in [3.8, 4) is 5.75 Å². The molecule has 0 aliphatic carbocycles. The average Bonchev–Trinajstić information content (AvgIpc) is 2.72. The lowest BCUT2D eigenvalue weighted by molar-refractivity contribution is 0.112. The highest BCUT2D eigenvalue weighted by Crippen LogP contribution is 2.24. The smallest absolute Gasteiger partial charge is 0.150 e. The van der Waals surface area contributed by atoms with Crippen LogP contribution in [0.15, 0.2) is 34.1 Å². The second-order valence-corrected chi connectivity index (χ2v) is 5.88. The van der Waals surface area contributed by atoms with E-state index in [0.29, 0.717) is 18.6 Å². The van der Waals surface area contributed by atoms with E-state index in [1.54, 1.807) is 11.3 Å². The fraction of sp³-hybridized carbons (Fsp3) is 0.0833. The first kappa shape index (κ1) is 12.3. The molecule has 1 heterocycles. The molecule has 2 rings (SSSR count). The van der Waals surface area contributed by atoms with Crippen LogP contribution < -0.4 is 4.74 Å². The van der Waals surface area contributed by atoms with Gasteiger partial charge in [0.15, 0.2) is 0 Å². The largest absolute Gasteiger partial charge is 0.488 e. The van der Waals surface area contributed by atoms with Gasteiger partial charge in [-0.15, -0.1) is 11.3 Å². The Labute approximate surface area is 110 Å². The van der Waals surface area contributed by atoms with Crippen molar-refractivity contribution in [2.24, 2.45) is 0 Å². The molecular formula is C12H8BrFO2S. The predicted molar refractivity (Wildman–Crippen MR) is 68.1 cm³/mol. The van der Waals surface area contributed by atoms with E-state index in [0.717, 1.165) is 8.66 Å². The van der Waals surface area contributed by atoms with Crippen LogP contribution in [0.1, 0.15) is 15.2 Å². The summed E-state index contributed by atoms with van der Waals surface area (Å²) in [6.45, 7) is 0.359. The molecule has 17 heavy (non-hydrogen) atoms. The van der Waals surface area contributed by atoms with Crippen LogP contribution in [0.25, 0.3) is 0 Å². The lowest BCUT2D eigenvalue weighted by atomic mass is 10.2. The van der Waals surface area contributed by atoms with E-state index < -0.39 is 5.82 Å². The van der Waals surface area contributed by atoms with Crippen LogP contribution in [0, 0.1) is 5.82 Å². The van der Waals surface area contributed by atoms with Crippen LogP contribution in [-0.4, -0.2) is 6.29 Å². The zero-order valence-electron chi connectivity index (χ0n) is 8.65. The molecule has 0 spiro atoms. The van der Waals surface area contributed by atoms with Crippen molar-refractivity contribution in [2.45, 2.75) is 6.61 Å². The average molecular weight is 315 g/mol. The summed E-state index contributed by atoms with van der Waals surface area (Å²) in [7, 11) is 0. The van der Waals surface area contributed by atoms with Crippen molar-refractivity contribution in [3.63, 3.8) is 0 Å². The fourth-order valence-corrected chi connectivity index (χ4v) is 2.72. The van der Waals surface area contributed by atoms with Crippen molar-refractivity contribution in [2.75, 3.05) is 0 Å². The van der Waals surface area contributed by atoms with Gasteiger partial charge < -0.3 is 4.74 Å². The number of aldehydes is 1. The summed E-state index contributed by atoms with van der Waals surface area (Å²) in [6, 6.07) is 7.79. The first-order valence-corrected chi connectivity index (χ1v) is 6.41. The van der Waals surface area contributed by atoms with Gasteiger partial charge >= 0.3 is 0 Å². The Kier molecular flexibility index (Phi) is 3.91. The van der Waals surface area contributed by atoms with Gasteiger partial charge in [-0.1, -0.05) is 0 Å². The Bertz CT molecular complexity index is 539. The Morgan fingerprint density at radius 3 is 2.82 bits per heavy atom. The molecule has 0 amide bonds. The number of halogens is 2. The summed E-state index contributed by atoms with van der Waals surface area (Å²) < 4.78 is 19.5. The molecule has 0 bridgehead atoms. The normalized spacial score (nSPS) is 10.2. The van der Waals surface area contributed by atoms with E-state index >= 15 is 0 Å². The van der Waals surface area contributed by atoms with Crippen LogP contribution in [0.2, 0.25) is 0 Å². The molecule has 0 saturated heterocycles. The van der Waals surface area contributed by atoms with Crippen LogP contribution in [-0.2, 0) is 6.61 Å². The van der Waals surface area contributed by atoms with E-state index in [1.807, 2.05) is 12.1 Å². The van der Waals surface area contributed by atoms with Gasteiger partial charge in [0.05, 0.1) is 3.79 Å². The zero-order chi connectivity index (χ0) is 12.3. The highest BCUT2D eigenvalue weighted by Gasteiger charge is 2.03. The molecule has 2 aromatic rings. The number of ether oxygens (including phenoxy) is 1. The van der Waals surface area contributed by atoms with E-state index in [2.05, 4.69) is 15.9 Å². The summed E-state index contributed by atoms with van der Waals surface area (Å²) in [6.07, 6.45) is 0.595. The van der Waals surface area contributed by atoms with Crippen LogP contribution in [0.5, 0.6) is 5.75 Å². The van der Waals surface area contributed by atoms with Gasteiger partial charge in [-0.3, -0.25) is 4.79 Å². The van der Waals surface area contributed by atoms with Crippen molar-refractivity contribution in [1.82, 2.24) is 0 Å². The molecule has 0 radical (unpaired) electrons. The van der Waals surface area contributed by atoms with Crippen molar-refractivity contribution >= 4 is 33.6 Å². The van der Waals surface area contributed by atoms with Crippen molar-refractivity contribution in [3.05, 3.63) is 50.4 Å². The van der Waals surface area contributed by atoms with E-state index in [-0.39, 0.29) is 5.56 Å². The van der Waals surface area contributed by atoms with E-state index in [4.69, 9.17) is 4.74 Å². The predicted octanol–water partition coefficient (Wildman–Crippen LogP) is 4.04. The van der Waals surface area contributed by atoms with Crippen LogP contribution in [0.3, 0.4) is 0 Å². The molecule has 1 aromatic carbocycles. The Balaban J connectivity index is 2.08. The first-order valence-electron chi connectivity index (χ1n) is 4.80. The maximum atomic E-state index is 13.1. The highest BCUT2D eigenvalue weighted by molar-refractivity contribution is 9.11. The standard InChI is InChI=1S/C12H8BrFO2S/c13-12-2-1-11(17-12)7-16-10-4-8(6-15)3-9(14)5-10/h1-6H,7H2. The summed E-state index contributed by atoms with van der Waals surface area (Å²) in [5.41, 5.74) is 0.271. The third kappa shape index (κ3) is 3.38. The minimum Gasteiger partial charge on any atom is -0.488 e. The molecule has 0 N–H and O–H groups in total. The molecule has 5 heteroatoms. The summed E-state index contributed by atoms with van der Waals surface area (Å²) >= 11 is 4.90. The fourth-order valence-electron chi connectivity index (χ4n) is 1.32. The number of rotatable bonds is 4. The summed E-state index contributed by atoms with van der Waals surface area (Å²) in [5.74, 6) is -0.117. The van der Waals surface area contributed by atoms with Gasteiger partial charge in [0, 0.05) is 16.5 Å². The summed E-state index contributed by atoms with van der Waals surface area (Å²) in [4.78, 5) is 11.6. The topological polar surface area (TPSA) is 26.3 Å². The quantitative estimate of drug-likeness (QED) is 0.796. The maximum absolute atomic E-state index is 13.1. The molecule has 0 unspecified atom stereocenters. The second-order valence-electron chi connectivity index (χ2n) is 3.33. The number of carbonyl (C=O) groups is 1. The maximum Gasteiger partial charge on any atom is 0.150 e. The van der Waals surface area contributed by atoms with E-state index in [9.17, 15) is 9.18 Å². The number of thiophene rings is 1. The Morgan fingerprint density at radius 2 is 2.18 bits per heavy atom. The number of hydrogen-bond acceptors (Lipinski definition) is 3. The first-order chi connectivity index (χ1) is 8.17. The van der Waals surface area contributed by atoms with Crippen molar-refractivity contribution < 1.29 is 13.9 Å². The lowest BCUT2D eigenvalue weighted by Crippen LogP contribution is -1.94. The Morgan fingerprint density at radius 1 is 1.35 bits per heavy atom. The SMILES string of the molecule is O=Cc1cc(F)cc(OCc2ccc(Br)s2)c1. The van der Waals surface area contributed by atoms with Gasteiger partial charge in [0.2, 0.25) is 0 Å². The van der Waals surface area contributed by atoms with Gasteiger partial charge in [0.1, 0.15) is 24.5 Å². The molecule has 0 aliphatic rings. The minimum atomic E-state index is -0.475. The zero-order valence-corrected chi connectivity index (χ0v) is 11.1. The van der Waals surface area contributed by atoms with Gasteiger partial charge in [0.25, 0.3) is 0 Å². The molecule has 0 atom stereocenters. The number of hydrogen-bond donors (Lipinski definition) is 0. The molecule has 0 saturated carbocycles. The van der Waals surface area contributed by atoms with Crippen LogP contribution >= 0.6 is 27.3 Å². The van der Waals surface area contributed by atoms with Crippen molar-refractivity contribution in [1.29, 1.82) is 0 Å². The monoisotopic (exact) mass is 314 g/mol. The number of carbonyl (C=O) groups excluding carboxylic acids is 1. The van der Waals surface area contributed by atoms with Crippen LogP contribution in [0.4, 0.5) is 4.39 Å². The molecule has 0 aliphatic heterocycles. The highest BCUT2D eigenvalue weighted by atomic mass is 79.9. The van der Waals surface area contributed by atoms with E-state index in [1.165, 1.54) is 18.2 Å². The minimum absolute atomic E-state index is 0.271. The third-order valence-electron chi connectivity index (χ3n) is 2.04. The Hall–Kier alpha value is -1.20. The summed E-state index contributed by atoms with van der Waals surface area (Å²) in [5, 5.41) is 0. The number of benzene rings is 1. The molecule has 88 valence electrons.